The second-order valence-electron chi connectivity index (χ2n) is 7.00. The van der Waals surface area contributed by atoms with E-state index < -0.39 is 5.82 Å². The SMILES string of the molecule is CC(C)Oc1ccc(-c2noc(C3CC(=O)N(c4ccccc4F)C3)n2)cc1. The Balaban J connectivity index is 1.50. The quantitative estimate of drug-likeness (QED) is 0.663. The summed E-state index contributed by atoms with van der Waals surface area (Å²) in [4.78, 5) is 18.2. The first-order valence-electron chi connectivity index (χ1n) is 9.17. The van der Waals surface area contributed by atoms with Crippen LogP contribution in [0.2, 0.25) is 0 Å². The van der Waals surface area contributed by atoms with Gasteiger partial charge in [-0.2, -0.15) is 4.98 Å². The van der Waals surface area contributed by atoms with E-state index in [1.165, 1.54) is 11.0 Å². The first kappa shape index (κ1) is 18.2. The minimum Gasteiger partial charge on any atom is -0.491 e. The van der Waals surface area contributed by atoms with E-state index in [1.54, 1.807) is 18.2 Å². The van der Waals surface area contributed by atoms with Crippen molar-refractivity contribution in [2.24, 2.45) is 0 Å². The number of aromatic nitrogens is 2. The minimum atomic E-state index is -0.425. The zero-order valence-electron chi connectivity index (χ0n) is 15.6. The molecule has 1 aliphatic rings. The standard InChI is InChI=1S/C21H20FN3O3/c1-13(2)27-16-9-7-14(8-10-16)20-23-21(28-24-20)15-11-19(26)25(12-15)18-6-4-3-5-17(18)22/h3-10,13,15H,11-12H2,1-2H3. The fourth-order valence-corrected chi connectivity index (χ4v) is 3.25. The second kappa shape index (κ2) is 7.42. The van der Waals surface area contributed by atoms with Gasteiger partial charge in [-0.05, 0) is 50.2 Å². The lowest BCUT2D eigenvalue weighted by Gasteiger charge is -2.16. The van der Waals surface area contributed by atoms with E-state index >= 15 is 0 Å². The molecule has 1 unspecified atom stereocenters. The molecule has 144 valence electrons. The molecule has 1 atom stereocenters. The molecule has 6 nitrogen and oxygen atoms in total. The van der Waals surface area contributed by atoms with Gasteiger partial charge in [0.1, 0.15) is 11.6 Å². The van der Waals surface area contributed by atoms with Gasteiger partial charge in [-0.25, -0.2) is 4.39 Å². The molecule has 2 aromatic carbocycles. The summed E-state index contributed by atoms with van der Waals surface area (Å²) >= 11 is 0. The Labute approximate surface area is 161 Å². The van der Waals surface area contributed by atoms with Crippen molar-refractivity contribution in [3.63, 3.8) is 0 Å². The fraction of sp³-hybridized carbons (Fsp3) is 0.286. The van der Waals surface area contributed by atoms with E-state index in [0.29, 0.717) is 18.3 Å². The Kier molecular flexibility index (Phi) is 4.81. The number of amides is 1. The normalized spacial score (nSPS) is 16.8. The zero-order valence-corrected chi connectivity index (χ0v) is 15.6. The van der Waals surface area contributed by atoms with E-state index in [1.807, 2.05) is 38.1 Å². The topological polar surface area (TPSA) is 68.5 Å². The van der Waals surface area contributed by atoms with Crippen molar-refractivity contribution in [2.75, 3.05) is 11.4 Å². The summed E-state index contributed by atoms with van der Waals surface area (Å²) in [6, 6.07) is 13.7. The number of hydrogen-bond donors (Lipinski definition) is 0. The Hall–Kier alpha value is -3.22. The molecule has 0 radical (unpaired) electrons. The number of para-hydroxylation sites is 1. The first-order chi connectivity index (χ1) is 13.5. The van der Waals surface area contributed by atoms with E-state index in [0.717, 1.165) is 11.3 Å². The lowest BCUT2D eigenvalue weighted by atomic mass is 10.1. The molecule has 3 aromatic rings. The van der Waals surface area contributed by atoms with Crippen LogP contribution >= 0.6 is 0 Å². The van der Waals surface area contributed by atoms with Crippen LogP contribution in [0.25, 0.3) is 11.4 Å². The van der Waals surface area contributed by atoms with Crippen LogP contribution in [0.4, 0.5) is 10.1 Å². The number of halogens is 1. The van der Waals surface area contributed by atoms with Gasteiger partial charge < -0.3 is 14.2 Å². The van der Waals surface area contributed by atoms with Crippen LogP contribution in [-0.4, -0.2) is 28.7 Å². The molecule has 7 heteroatoms. The monoisotopic (exact) mass is 381 g/mol. The van der Waals surface area contributed by atoms with Crippen molar-refractivity contribution in [3.05, 3.63) is 60.2 Å². The predicted molar refractivity (Wildman–Crippen MR) is 102 cm³/mol. The molecule has 0 aliphatic carbocycles. The van der Waals surface area contributed by atoms with Gasteiger partial charge in [0.15, 0.2) is 0 Å². The summed E-state index contributed by atoms with van der Waals surface area (Å²) in [5.74, 6) is 0.741. The van der Waals surface area contributed by atoms with Crippen molar-refractivity contribution < 1.29 is 18.4 Å². The maximum absolute atomic E-state index is 14.0. The highest BCUT2D eigenvalue weighted by Crippen LogP contribution is 2.33. The molecule has 0 bridgehead atoms. The van der Waals surface area contributed by atoms with Crippen molar-refractivity contribution >= 4 is 11.6 Å². The Morgan fingerprint density at radius 2 is 1.93 bits per heavy atom. The zero-order chi connectivity index (χ0) is 19.7. The maximum Gasteiger partial charge on any atom is 0.232 e. The summed E-state index contributed by atoms with van der Waals surface area (Å²) in [7, 11) is 0. The van der Waals surface area contributed by atoms with Gasteiger partial charge in [0, 0.05) is 18.5 Å². The molecule has 1 amide bonds. The molecule has 4 rings (SSSR count). The van der Waals surface area contributed by atoms with Gasteiger partial charge in [0.2, 0.25) is 17.6 Å². The summed E-state index contributed by atoms with van der Waals surface area (Å²) in [5.41, 5.74) is 1.07. The molecule has 28 heavy (non-hydrogen) atoms. The highest BCUT2D eigenvalue weighted by Gasteiger charge is 2.36. The van der Waals surface area contributed by atoms with Crippen LogP contribution in [0.3, 0.4) is 0 Å². The van der Waals surface area contributed by atoms with Crippen molar-refractivity contribution in [2.45, 2.75) is 32.3 Å². The molecule has 1 aromatic heterocycles. The third-order valence-electron chi connectivity index (χ3n) is 4.54. The third-order valence-corrected chi connectivity index (χ3v) is 4.54. The summed E-state index contributed by atoms with van der Waals surface area (Å²) in [5, 5.41) is 4.03. The Morgan fingerprint density at radius 1 is 1.18 bits per heavy atom. The van der Waals surface area contributed by atoms with Gasteiger partial charge in [-0.3, -0.25) is 4.79 Å². The minimum absolute atomic E-state index is 0.0972. The first-order valence-corrected chi connectivity index (χ1v) is 9.17. The average molecular weight is 381 g/mol. The molecule has 0 saturated carbocycles. The van der Waals surface area contributed by atoms with E-state index in [9.17, 15) is 9.18 Å². The smallest absolute Gasteiger partial charge is 0.232 e. The van der Waals surface area contributed by atoms with Gasteiger partial charge in [0.05, 0.1) is 17.7 Å². The van der Waals surface area contributed by atoms with E-state index in [4.69, 9.17) is 9.26 Å². The van der Waals surface area contributed by atoms with Crippen LogP contribution < -0.4 is 9.64 Å². The number of anilines is 1. The maximum atomic E-state index is 14.0. The highest BCUT2D eigenvalue weighted by atomic mass is 19.1. The molecule has 0 spiro atoms. The average Bonchev–Trinajstić information content (AvgIpc) is 3.29. The molecular weight excluding hydrogens is 361 g/mol. The van der Waals surface area contributed by atoms with Crippen molar-refractivity contribution in [3.8, 4) is 17.1 Å². The Morgan fingerprint density at radius 3 is 2.64 bits per heavy atom. The summed E-state index contributed by atoms with van der Waals surface area (Å²) < 4.78 is 25.1. The van der Waals surface area contributed by atoms with Crippen LogP contribution in [0, 0.1) is 5.82 Å². The Bertz CT molecular complexity index is 985. The highest BCUT2D eigenvalue weighted by molar-refractivity contribution is 5.96. The van der Waals surface area contributed by atoms with Crippen LogP contribution in [0.1, 0.15) is 32.1 Å². The second-order valence-corrected chi connectivity index (χ2v) is 7.00. The number of carbonyl (C=O) groups excluding carboxylic acids is 1. The molecule has 1 fully saturated rings. The lowest BCUT2D eigenvalue weighted by molar-refractivity contribution is -0.117. The van der Waals surface area contributed by atoms with Gasteiger partial charge >= 0.3 is 0 Å². The number of nitrogens with zero attached hydrogens (tertiary/aromatic N) is 3. The summed E-state index contributed by atoms with van der Waals surface area (Å²) in [6.45, 7) is 4.24. The number of hydrogen-bond acceptors (Lipinski definition) is 5. The lowest BCUT2D eigenvalue weighted by Crippen LogP contribution is -2.25. The van der Waals surface area contributed by atoms with Crippen LogP contribution in [0.5, 0.6) is 5.75 Å². The number of benzene rings is 2. The number of rotatable bonds is 5. The van der Waals surface area contributed by atoms with Crippen molar-refractivity contribution in [1.29, 1.82) is 0 Å². The van der Waals surface area contributed by atoms with E-state index in [-0.39, 0.29) is 30.0 Å². The molecule has 1 saturated heterocycles. The van der Waals surface area contributed by atoms with Crippen molar-refractivity contribution in [1.82, 2.24) is 10.1 Å². The third kappa shape index (κ3) is 3.60. The fourth-order valence-electron chi connectivity index (χ4n) is 3.25. The summed E-state index contributed by atoms with van der Waals surface area (Å²) in [6.07, 6.45) is 0.303. The van der Waals surface area contributed by atoms with Crippen LogP contribution in [-0.2, 0) is 4.79 Å². The number of carbonyl (C=O) groups is 1. The van der Waals surface area contributed by atoms with E-state index in [2.05, 4.69) is 10.1 Å². The molecule has 2 heterocycles. The predicted octanol–water partition coefficient (Wildman–Crippen LogP) is 4.18. The number of ether oxygens (including phenoxy) is 1. The van der Waals surface area contributed by atoms with Gasteiger partial charge in [-0.15, -0.1) is 0 Å². The van der Waals surface area contributed by atoms with Gasteiger partial charge in [-0.1, -0.05) is 17.3 Å². The van der Waals surface area contributed by atoms with Crippen LogP contribution in [0.15, 0.2) is 53.1 Å². The molecule has 1 aliphatic heterocycles. The van der Waals surface area contributed by atoms with Gasteiger partial charge in [0.25, 0.3) is 0 Å². The molecular formula is C21H20FN3O3. The molecule has 0 N–H and O–H groups in total. The largest absolute Gasteiger partial charge is 0.491 e.